The van der Waals surface area contributed by atoms with E-state index in [1.807, 2.05) is 0 Å². The lowest BCUT2D eigenvalue weighted by Gasteiger charge is -2.43. The summed E-state index contributed by atoms with van der Waals surface area (Å²) in [7, 11) is 2.29. The fraction of sp³-hybridized carbons (Fsp3) is 1.00. The van der Waals surface area contributed by atoms with Gasteiger partial charge in [0.25, 0.3) is 0 Å². The van der Waals surface area contributed by atoms with Crippen LogP contribution in [0.1, 0.15) is 47.0 Å². The van der Waals surface area contributed by atoms with Crippen molar-refractivity contribution in [1.82, 2.24) is 4.90 Å². The van der Waals surface area contributed by atoms with E-state index in [0.29, 0.717) is 0 Å². The minimum absolute atomic E-state index is 0.812. The van der Waals surface area contributed by atoms with Crippen LogP contribution < -0.4 is 0 Å². The van der Waals surface area contributed by atoms with E-state index < -0.39 is 0 Å². The molecular weight excluding hydrogens is 170 g/mol. The Kier molecular flexibility index (Phi) is 4.43. The summed E-state index contributed by atoms with van der Waals surface area (Å²) in [5.74, 6) is 2.69. The third-order valence-corrected chi connectivity index (χ3v) is 3.92. The molecule has 0 saturated carbocycles. The van der Waals surface area contributed by atoms with E-state index in [0.717, 1.165) is 23.8 Å². The van der Waals surface area contributed by atoms with Crippen LogP contribution >= 0.6 is 0 Å². The highest BCUT2D eigenvalue weighted by Crippen LogP contribution is 2.32. The lowest BCUT2D eigenvalue weighted by Crippen LogP contribution is -2.46. The molecule has 1 aliphatic rings. The molecule has 0 aromatic heterocycles. The summed E-state index contributed by atoms with van der Waals surface area (Å²) >= 11 is 0. The Morgan fingerprint density at radius 3 is 2.50 bits per heavy atom. The molecule has 14 heavy (non-hydrogen) atoms. The van der Waals surface area contributed by atoms with Crippen LogP contribution in [-0.4, -0.2) is 24.5 Å². The SMILES string of the molecule is CCCC1CC(C(C)C)N(C)CC1C. The summed E-state index contributed by atoms with van der Waals surface area (Å²) in [6.45, 7) is 10.8. The molecule has 0 N–H and O–H groups in total. The van der Waals surface area contributed by atoms with Gasteiger partial charge in [0, 0.05) is 12.6 Å². The van der Waals surface area contributed by atoms with Gasteiger partial charge >= 0.3 is 0 Å². The van der Waals surface area contributed by atoms with Crippen molar-refractivity contribution >= 4 is 0 Å². The molecule has 1 fully saturated rings. The maximum atomic E-state index is 2.57. The second-order valence-corrected chi connectivity index (χ2v) is 5.51. The molecule has 3 atom stereocenters. The van der Waals surface area contributed by atoms with Crippen molar-refractivity contribution in [3.05, 3.63) is 0 Å². The highest BCUT2D eigenvalue weighted by Gasteiger charge is 2.31. The number of piperidine rings is 1. The van der Waals surface area contributed by atoms with E-state index in [1.54, 1.807) is 0 Å². The molecule has 84 valence electrons. The number of hydrogen-bond donors (Lipinski definition) is 0. The van der Waals surface area contributed by atoms with E-state index in [1.165, 1.54) is 25.8 Å². The molecular formula is C13H27N. The van der Waals surface area contributed by atoms with Crippen LogP contribution in [0.15, 0.2) is 0 Å². The summed E-state index contributed by atoms with van der Waals surface area (Å²) in [6, 6.07) is 0.822. The molecule has 0 aromatic carbocycles. The maximum absolute atomic E-state index is 2.57. The summed E-state index contributed by atoms with van der Waals surface area (Å²) in [5, 5.41) is 0. The second-order valence-electron chi connectivity index (χ2n) is 5.51. The van der Waals surface area contributed by atoms with Crippen molar-refractivity contribution in [2.24, 2.45) is 17.8 Å². The van der Waals surface area contributed by atoms with Crippen molar-refractivity contribution in [3.63, 3.8) is 0 Å². The van der Waals surface area contributed by atoms with E-state index in [-0.39, 0.29) is 0 Å². The molecule has 1 saturated heterocycles. The van der Waals surface area contributed by atoms with Gasteiger partial charge in [0.1, 0.15) is 0 Å². The van der Waals surface area contributed by atoms with Gasteiger partial charge in [-0.2, -0.15) is 0 Å². The molecule has 0 aliphatic carbocycles. The molecule has 0 bridgehead atoms. The summed E-state index contributed by atoms with van der Waals surface area (Å²) in [6.07, 6.45) is 4.20. The molecule has 3 unspecified atom stereocenters. The summed E-state index contributed by atoms with van der Waals surface area (Å²) in [4.78, 5) is 2.57. The first-order valence-electron chi connectivity index (χ1n) is 6.26. The number of likely N-dealkylation sites (tertiary alicyclic amines) is 1. The summed E-state index contributed by atoms with van der Waals surface area (Å²) in [5.41, 5.74) is 0. The minimum Gasteiger partial charge on any atom is -0.303 e. The topological polar surface area (TPSA) is 3.24 Å². The zero-order valence-corrected chi connectivity index (χ0v) is 10.6. The highest BCUT2D eigenvalue weighted by molar-refractivity contribution is 4.85. The molecule has 0 radical (unpaired) electrons. The lowest BCUT2D eigenvalue weighted by atomic mass is 9.78. The Balaban J connectivity index is 2.56. The Morgan fingerprint density at radius 2 is 2.00 bits per heavy atom. The van der Waals surface area contributed by atoms with E-state index in [2.05, 4.69) is 39.6 Å². The average molecular weight is 197 g/mol. The van der Waals surface area contributed by atoms with E-state index in [9.17, 15) is 0 Å². The van der Waals surface area contributed by atoms with Crippen molar-refractivity contribution < 1.29 is 0 Å². The molecule has 0 spiro atoms. The summed E-state index contributed by atoms with van der Waals surface area (Å²) < 4.78 is 0. The van der Waals surface area contributed by atoms with Crippen LogP contribution in [0.2, 0.25) is 0 Å². The van der Waals surface area contributed by atoms with Gasteiger partial charge in [0.05, 0.1) is 0 Å². The molecule has 0 amide bonds. The first-order valence-corrected chi connectivity index (χ1v) is 6.26. The minimum atomic E-state index is 0.812. The van der Waals surface area contributed by atoms with Crippen molar-refractivity contribution in [3.8, 4) is 0 Å². The Bertz CT molecular complexity index is 165. The van der Waals surface area contributed by atoms with Crippen LogP contribution in [0.3, 0.4) is 0 Å². The second kappa shape index (κ2) is 5.16. The molecule has 1 heterocycles. The van der Waals surface area contributed by atoms with Crippen LogP contribution in [0, 0.1) is 17.8 Å². The zero-order chi connectivity index (χ0) is 10.7. The molecule has 1 heteroatoms. The highest BCUT2D eigenvalue weighted by atomic mass is 15.1. The maximum Gasteiger partial charge on any atom is 0.0118 e. The van der Waals surface area contributed by atoms with Crippen LogP contribution in [0.4, 0.5) is 0 Å². The third-order valence-electron chi connectivity index (χ3n) is 3.92. The smallest absolute Gasteiger partial charge is 0.0118 e. The number of hydrogen-bond acceptors (Lipinski definition) is 1. The molecule has 1 nitrogen and oxygen atoms in total. The van der Waals surface area contributed by atoms with Crippen molar-refractivity contribution in [2.75, 3.05) is 13.6 Å². The fourth-order valence-electron chi connectivity index (χ4n) is 3.02. The van der Waals surface area contributed by atoms with Crippen molar-refractivity contribution in [1.29, 1.82) is 0 Å². The zero-order valence-electron chi connectivity index (χ0n) is 10.6. The predicted molar refractivity (Wildman–Crippen MR) is 63.4 cm³/mol. The Hall–Kier alpha value is -0.0400. The van der Waals surface area contributed by atoms with Gasteiger partial charge in [-0.05, 0) is 31.2 Å². The molecule has 0 aromatic rings. The Morgan fingerprint density at radius 1 is 1.36 bits per heavy atom. The van der Waals surface area contributed by atoms with Gasteiger partial charge < -0.3 is 4.90 Å². The van der Waals surface area contributed by atoms with Crippen LogP contribution in [-0.2, 0) is 0 Å². The third kappa shape index (κ3) is 2.73. The van der Waals surface area contributed by atoms with E-state index >= 15 is 0 Å². The average Bonchev–Trinajstić information content (AvgIpc) is 2.09. The Labute approximate surface area is 89.9 Å². The lowest BCUT2D eigenvalue weighted by molar-refractivity contribution is 0.0622. The first kappa shape index (κ1) is 12.0. The van der Waals surface area contributed by atoms with Gasteiger partial charge in [-0.15, -0.1) is 0 Å². The predicted octanol–water partition coefficient (Wildman–Crippen LogP) is 3.40. The van der Waals surface area contributed by atoms with Gasteiger partial charge in [-0.3, -0.25) is 0 Å². The van der Waals surface area contributed by atoms with Gasteiger partial charge in [0.15, 0.2) is 0 Å². The standard InChI is InChI=1S/C13H27N/c1-6-7-12-8-13(10(2)3)14(5)9-11(12)4/h10-13H,6-9H2,1-5H3. The largest absolute Gasteiger partial charge is 0.303 e. The number of rotatable bonds is 3. The molecule has 1 aliphatic heterocycles. The number of nitrogens with zero attached hydrogens (tertiary/aromatic N) is 1. The fourth-order valence-corrected chi connectivity index (χ4v) is 3.02. The molecule has 1 rings (SSSR count). The van der Waals surface area contributed by atoms with Gasteiger partial charge in [-0.1, -0.05) is 40.5 Å². The quantitative estimate of drug-likeness (QED) is 0.670. The van der Waals surface area contributed by atoms with Crippen molar-refractivity contribution in [2.45, 2.75) is 53.0 Å². The monoisotopic (exact) mass is 197 g/mol. The van der Waals surface area contributed by atoms with Gasteiger partial charge in [0.2, 0.25) is 0 Å². The van der Waals surface area contributed by atoms with Crippen LogP contribution in [0.25, 0.3) is 0 Å². The first-order chi connectivity index (χ1) is 6.56. The van der Waals surface area contributed by atoms with Crippen LogP contribution in [0.5, 0.6) is 0 Å². The normalized spacial score (nSPS) is 35.1. The van der Waals surface area contributed by atoms with Gasteiger partial charge in [-0.25, -0.2) is 0 Å². The van der Waals surface area contributed by atoms with E-state index in [4.69, 9.17) is 0 Å².